The van der Waals surface area contributed by atoms with Crippen LogP contribution in [0.3, 0.4) is 0 Å². The molecule has 1 unspecified atom stereocenters. The molecule has 98 valence electrons. The van der Waals surface area contributed by atoms with Crippen LogP contribution in [0.4, 0.5) is 0 Å². The molecular formula is C18H21N. The largest absolute Gasteiger partial charge is 0.309 e. The summed E-state index contributed by atoms with van der Waals surface area (Å²) in [5.41, 5.74) is 7.18. The molecule has 0 spiro atoms. The molecule has 0 aliphatic carbocycles. The van der Waals surface area contributed by atoms with Crippen molar-refractivity contribution in [3.05, 3.63) is 70.3 Å². The Morgan fingerprint density at radius 3 is 2.74 bits per heavy atom. The molecule has 0 aromatic heterocycles. The summed E-state index contributed by atoms with van der Waals surface area (Å²) in [4.78, 5) is 0. The number of benzene rings is 2. The van der Waals surface area contributed by atoms with Crippen molar-refractivity contribution in [2.75, 3.05) is 6.54 Å². The molecule has 1 aliphatic heterocycles. The number of hydrogen-bond acceptors (Lipinski definition) is 1. The van der Waals surface area contributed by atoms with Gasteiger partial charge in [-0.3, -0.25) is 0 Å². The van der Waals surface area contributed by atoms with Gasteiger partial charge in [-0.15, -0.1) is 0 Å². The Balaban J connectivity index is 1.86. The Morgan fingerprint density at radius 1 is 1.05 bits per heavy atom. The van der Waals surface area contributed by atoms with E-state index in [1.807, 2.05) is 0 Å². The summed E-state index contributed by atoms with van der Waals surface area (Å²) in [6.45, 7) is 5.46. The number of aryl methyl sites for hydroxylation is 2. The van der Waals surface area contributed by atoms with E-state index in [1.165, 1.54) is 27.8 Å². The van der Waals surface area contributed by atoms with Crippen LogP contribution in [0.5, 0.6) is 0 Å². The number of nitrogens with one attached hydrogen (secondary N) is 1. The lowest BCUT2D eigenvalue weighted by atomic mass is 9.90. The molecular weight excluding hydrogens is 230 g/mol. The standard InChI is InChI=1S/C18H21N/c1-13-7-8-15(11-14(13)2)12-18-17-6-4-3-5-16(17)9-10-19-18/h3-8,11,18-19H,9-10,12H2,1-2H3. The topological polar surface area (TPSA) is 12.0 Å². The van der Waals surface area contributed by atoms with Crippen molar-refractivity contribution in [3.63, 3.8) is 0 Å². The first-order valence-corrected chi connectivity index (χ1v) is 7.11. The van der Waals surface area contributed by atoms with Gasteiger partial charge in [-0.05, 0) is 61.1 Å². The summed E-state index contributed by atoms with van der Waals surface area (Å²) in [5.74, 6) is 0. The van der Waals surface area contributed by atoms with E-state index >= 15 is 0 Å². The molecule has 0 radical (unpaired) electrons. The average Bonchev–Trinajstić information content (AvgIpc) is 2.43. The molecule has 0 bridgehead atoms. The molecule has 1 aliphatic rings. The van der Waals surface area contributed by atoms with E-state index in [1.54, 1.807) is 0 Å². The van der Waals surface area contributed by atoms with Crippen molar-refractivity contribution in [1.29, 1.82) is 0 Å². The third-order valence-electron chi connectivity index (χ3n) is 4.23. The molecule has 3 rings (SSSR count). The van der Waals surface area contributed by atoms with Crippen molar-refractivity contribution < 1.29 is 0 Å². The van der Waals surface area contributed by atoms with Crippen LogP contribution in [-0.2, 0) is 12.8 Å². The summed E-state index contributed by atoms with van der Waals surface area (Å²) < 4.78 is 0. The van der Waals surface area contributed by atoms with Crippen molar-refractivity contribution >= 4 is 0 Å². The fourth-order valence-corrected chi connectivity index (χ4v) is 2.94. The van der Waals surface area contributed by atoms with E-state index in [2.05, 4.69) is 61.6 Å². The summed E-state index contributed by atoms with van der Waals surface area (Å²) >= 11 is 0. The van der Waals surface area contributed by atoms with E-state index in [-0.39, 0.29) is 0 Å². The second-order valence-corrected chi connectivity index (χ2v) is 5.58. The lowest BCUT2D eigenvalue weighted by Crippen LogP contribution is -2.31. The average molecular weight is 251 g/mol. The molecule has 1 N–H and O–H groups in total. The van der Waals surface area contributed by atoms with E-state index in [0.29, 0.717) is 6.04 Å². The molecule has 0 amide bonds. The van der Waals surface area contributed by atoms with Crippen molar-refractivity contribution in [2.24, 2.45) is 0 Å². The normalized spacial score (nSPS) is 18.1. The molecule has 19 heavy (non-hydrogen) atoms. The Bertz CT molecular complexity index is 586. The first-order valence-electron chi connectivity index (χ1n) is 7.11. The Hall–Kier alpha value is -1.60. The third-order valence-corrected chi connectivity index (χ3v) is 4.23. The van der Waals surface area contributed by atoms with Gasteiger partial charge in [0.15, 0.2) is 0 Å². The zero-order valence-corrected chi connectivity index (χ0v) is 11.7. The van der Waals surface area contributed by atoms with Crippen molar-refractivity contribution in [1.82, 2.24) is 5.32 Å². The minimum Gasteiger partial charge on any atom is -0.309 e. The number of fused-ring (bicyclic) bond motifs is 1. The van der Waals surface area contributed by atoms with Gasteiger partial charge < -0.3 is 5.32 Å². The van der Waals surface area contributed by atoms with Crippen LogP contribution in [0, 0.1) is 13.8 Å². The molecule has 1 atom stereocenters. The third kappa shape index (κ3) is 2.57. The SMILES string of the molecule is Cc1ccc(CC2NCCc3ccccc32)cc1C. The van der Waals surface area contributed by atoms with Crippen LogP contribution < -0.4 is 5.32 Å². The van der Waals surface area contributed by atoms with Gasteiger partial charge >= 0.3 is 0 Å². The van der Waals surface area contributed by atoms with Gasteiger partial charge in [-0.2, -0.15) is 0 Å². The quantitative estimate of drug-likeness (QED) is 0.857. The maximum absolute atomic E-state index is 3.66. The summed E-state index contributed by atoms with van der Waals surface area (Å²) in [7, 11) is 0. The highest BCUT2D eigenvalue weighted by Crippen LogP contribution is 2.26. The number of rotatable bonds is 2. The Kier molecular flexibility index (Phi) is 3.39. The molecule has 0 fully saturated rings. The van der Waals surface area contributed by atoms with Crippen molar-refractivity contribution in [2.45, 2.75) is 32.7 Å². The van der Waals surface area contributed by atoms with Gasteiger partial charge in [-0.1, -0.05) is 42.5 Å². The van der Waals surface area contributed by atoms with E-state index in [0.717, 1.165) is 19.4 Å². The molecule has 1 heteroatoms. The monoisotopic (exact) mass is 251 g/mol. The summed E-state index contributed by atoms with van der Waals surface area (Å²) in [6, 6.07) is 16.1. The maximum Gasteiger partial charge on any atom is 0.0363 e. The molecule has 2 aromatic rings. The number of hydrogen-bond donors (Lipinski definition) is 1. The summed E-state index contributed by atoms with van der Waals surface area (Å²) in [6.07, 6.45) is 2.23. The predicted molar refractivity (Wildman–Crippen MR) is 80.5 cm³/mol. The lowest BCUT2D eigenvalue weighted by molar-refractivity contribution is 0.502. The van der Waals surface area contributed by atoms with Crippen LogP contribution >= 0.6 is 0 Å². The zero-order chi connectivity index (χ0) is 13.2. The zero-order valence-electron chi connectivity index (χ0n) is 11.7. The van der Waals surface area contributed by atoms with Crippen molar-refractivity contribution in [3.8, 4) is 0 Å². The first-order chi connectivity index (χ1) is 9.24. The second-order valence-electron chi connectivity index (χ2n) is 5.58. The van der Waals surface area contributed by atoms with Crippen LogP contribution in [0.1, 0.15) is 33.9 Å². The lowest BCUT2D eigenvalue weighted by Gasteiger charge is -2.27. The van der Waals surface area contributed by atoms with Gasteiger partial charge in [0.05, 0.1) is 0 Å². The van der Waals surface area contributed by atoms with E-state index in [4.69, 9.17) is 0 Å². The van der Waals surface area contributed by atoms with E-state index in [9.17, 15) is 0 Å². The van der Waals surface area contributed by atoms with Gasteiger partial charge in [0.2, 0.25) is 0 Å². The molecule has 1 nitrogen and oxygen atoms in total. The second kappa shape index (κ2) is 5.18. The molecule has 1 heterocycles. The fraction of sp³-hybridized carbons (Fsp3) is 0.333. The van der Waals surface area contributed by atoms with Crippen LogP contribution in [0.15, 0.2) is 42.5 Å². The maximum atomic E-state index is 3.66. The van der Waals surface area contributed by atoms with Gasteiger partial charge in [0, 0.05) is 6.04 Å². The minimum atomic E-state index is 0.465. The highest BCUT2D eigenvalue weighted by Gasteiger charge is 2.19. The predicted octanol–water partition coefficient (Wildman–Crippen LogP) is 3.73. The van der Waals surface area contributed by atoms with E-state index < -0.39 is 0 Å². The van der Waals surface area contributed by atoms with Gasteiger partial charge in [0.1, 0.15) is 0 Å². The van der Waals surface area contributed by atoms with Crippen LogP contribution in [-0.4, -0.2) is 6.54 Å². The minimum absolute atomic E-state index is 0.465. The molecule has 2 aromatic carbocycles. The fourth-order valence-electron chi connectivity index (χ4n) is 2.94. The van der Waals surface area contributed by atoms with Crippen LogP contribution in [0.25, 0.3) is 0 Å². The van der Waals surface area contributed by atoms with Gasteiger partial charge in [-0.25, -0.2) is 0 Å². The highest BCUT2D eigenvalue weighted by atomic mass is 14.9. The molecule has 0 saturated heterocycles. The first kappa shape index (κ1) is 12.4. The Morgan fingerprint density at radius 2 is 1.89 bits per heavy atom. The smallest absolute Gasteiger partial charge is 0.0363 e. The molecule has 0 saturated carbocycles. The Labute approximate surface area is 115 Å². The summed E-state index contributed by atoms with van der Waals surface area (Å²) in [5, 5.41) is 3.66. The highest BCUT2D eigenvalue weighted by molar-refractivity contribution is 5.35. The van der Waals surface area contributed by atoms with Crippen LogP contribution in [0.2, 0.25) is 0 Å². The van der Waals surface area contributed by atoms with Gasteiger partial charge in [0.25, 0.3) is 0 Å².